The second-order valence-electron chi connectivity index (χ2n) is 5.64. The number of rotatable bonds is 8. The summed E-state index contributed by atoms with van der Waals surface area (Å²) in [7, 11) is 1.98. The quantitative estimate of drug-likeness (QED) is 0.726. The van der Waals surface area contributed by atoms with Crippen LogP contribution >= 0.6 is 0 Å². The van der Waals surface area contributed by atoms with E-state index in [2.05, 4.69) is 17.1 Å². The number of amides is 1. The third kappa shape index (κ3) is 5.74. The summed E-state index contributed by atoms with van der Waals surface area (Å²) in [6, 6.07) is 10.7. The van der Waals surface area contributed by atoms with Gasteiger partial charge in [-0.3, -0.25) is 4.79 Å². The van der Waals surface area contributed by atoms with Gasteiger partial charge in [-0.2, -0.15) is 0 Å². The van der Waals surface area contributed by atoms with Crippen molar-refractivity contribution in [2.45, 2.75) is 19.8 Å². The Kier molecular flexibility index (Phi) is 6.74. The molecular formula is C19H22F2N2O2. The second-order valence-corrected chi connectivity index (χ2v) is 5.64. The van der Waals surface area contributed by atoms with E-state index in [1.54, 1.807) is 0 Å². The number of halogens is 2. The third-order valence-corrected chi connectivity index (χ3v) is 3.74. The van der Waals surface area contributed by atoms with Crippen LogP contribution in [-0.4, -0.2) is 26.1 Å². The Morgan fingerprint density at radius 1 is 1.20 bits per heavy atom. The van der Waals surface area contributed by atoms with Gasteiger partial charge in [0, 0.05) is 37.5 Å². The number of ether oxygens (including phenoxy) is 1. The Balaban J connectivity index is 1.77. The fourth-order valence-corrected chi connectivity index (χ4v) is 2.23. The zero-order chi connectivity index (χ0) is 18.2. The van der Waals surface area contributed by atoms with Crippen LogP contribution in [0.25, 0.3) is 0 Å². The van der Waals surface area contributed by atoms with E-state index in [1.807, 2.05) is 31.3 Å². The Morgan fingerprint density at radius 3 is 2.72 bits per heavy atom. The van der Waals surface area contributed by atoms with Gasteiger partial charge < -0.3 is 15.0 Å². The van der Waals surface area contributed by atoms with Gasteiger partial charge in [0.1, 0.15) is 5.82 Å². The first-order valence-corrected chi connectivity index (χ1v) is 8.18. The summed E-state index contributed by atoms with van der Waals surface area (Å²) < 4.78 is 31.4. The summed E-state index contributed by atoms with van der Waals surface area (Å²) in [4.78, 5) is 14.1. The average Bonchev–Trinajstić information content (AvgIpc) is 2.59. The third-order valence-electron chi connectivity index (χ3n) is 3.74. The molecule has 0 unspecified atom stereocenters. The maximum Gasteiger partial charge on any atom is 0.224 e. The molecule has 0 fully saturated rings. The summed E-state index contributed by atoms with van der Waals surface area (Å²) in [6.45, 7) is 3.10. The van der Waals surface area contributed by atoms with E-state index in [1.165, 1.54) is 6.07 Å². The first kappa shape index (κ1) is 18.7. The fraction of sp³-hybridized carbons (Fsp3) is 0.316. The van der Waals surface area contributed by atoms with Crippen molar-refractivity contribution >= 4 is 17.3 Å². The standard InChI is InChI=1S/C19H22F2N2O2/c1-3-23(2)16-7-4-6-15(13-16)22-19(24)8-5-11-25-18-10-9-14(20)12-17(18)21/h4,6-7,9-10,12-13H,3,5,8,11H2,1-2H3,(H,22,24). The summed E-state index contributed by atoms with van der Waals surface area (Å²) in [5.74, 6) is -1.56. The number of nitrogens with zero attached hydrogens (tertiary/aromatic N) is 1. The highest BCUT2D eigenvalue weighted by molar-refractivity contribution is 5.91. The van der Waals surface area contributed by atoms with Gasteiger partial charge in [-0.15, -0.1) is 0 Å². The van der Waals surface area contributed by atoms with Crippen LogP contribution in [0.3, 0.4) is 0 Å². The van der Waals surface area contributed by atoms with Crippen molar-refractivity contribution in [2.24, 2.45) is 0 Å². The topological polar surface area (TPSA) is 41.6 Å². The molecule has 0 saturated carbocycles. The molecule has 1 amide bonds. The average molecular weight is 348 g/mol. The van der Waals surface area contributed by atoms with E-state index in [0.29, 0.717) is 6.42 Å². The van der Waals surface area contributed by atoms with Crippen molar-refractivity contribution in [3.8, 4) is 5.75 Å². The molecule has 0 radical (unpaired) electrons. The Hall–Kier alpha value is -2.63. The SMILES string of the molecule is CCN(C)c1cccc(NC(=O)CCCOc2ccc(F)cc2F)c1. The largest absolute Gasteiger partial charge is 0.491 e. The lowest BCUT2D eigenvalue weighted by Crippen LogP contribution is -2.17. The van der Waals surface area contributed by atoms with Crippen LogP contribution in [0.15, 0.2) is 42.5 Å². The minimum Gasteiger partial charge on any atom is -0.491 e. The maximum absolute atomic E-state index is 13.4. The highest BCUT2D eigenvalue weighted by atomic mass is 19.1. The van der Waals surface area contributed by atoms with E-state index in [-0.39, 0.29) is 24.7 Å². The summed E-state index contributed by atoms with van der Waals surface area (Å²) >= 11 is 0. The lowest BCUT2D eigenvalue weighted by atomic mass is 10.2. The molecule has 4 nitrogen and oxygen atoms in total. The van der Waals surface area contributed by atoms with Crippen molar-refractivity contribution in [2.75, 3.05) is 30.4 Å². The van der Waals surface area contributed by atoms with Crippen molar-refractivity contribution in [3.63, 3.8) is 0 Å². The normalized spacial score (nSPS) is 10.4. The van der Waals surface area contributed by atoms with E-state index in [0.717, 1.165) is 30.1 Å². The number of anilines is 2. The first-order valence-electron chi connectivity index (χ1n) is 8.18. The number of hydrogen-bond acceptors (Lipinski definition) is 3. The van der Waals surface area contributed by atoms with Crippen LogP contribution in [0, 0.1) is 11.6 Å². The summed E-state index contributed by atoms with van der Waals surface area (Å²) in [5, 5.41) is 2.83. The maximum atomic E-state index is 13.4. The number of carbonyl (C=O) groups is 1. The molecule has 2 aromatic rings. The zero-order valence-corrected chi connectivity index (χ0v) is 14.4. The van der Waals surface area contributed by atoms with Crippen molar-refractivity contribution < 1.29 is 18.3 Å². The zero-order valence-electron chi connectivity index (χ0n) is 14.4. The predicted octanol–water partition coefficient (Wildman–Crippen LogP) is 4.22. The molecular weight excluding hydrogens is 326 g/mol. The molecule has 2 rings (SSSR count). The van der Waals surface area contributed by atoms with E-state index < -0.39 is 11.6 Å². The summed E-state index contributed by atoms with van der Waals surface area (Å²) in [5.41, 5.74) is 1.75. The van der Waals surface area contributed by atoms with Gasteiger partial charge in [0.25, 0.3) is 0 Å². The molecule has 0 heterocycles. The van der Waals surface area contributed by atoms with Gasteiger partial charge in [0.15, 0.2) is 11.6 Å². The molecule has 0 aliphatic carbocycles. The highest BCUT2D eigenvalue weighted by Crippen LogP contribution is 2.19. The number of benzene rings is 2. The Morgan fingerprint density at radius 2 is 2.00 bits per heavy atom. The molecule has 0 saturated heterocycles. The van der Waals surface area contributed by atoms with E-state index in [4.69, 9.17) is 4.74 Å². The smallest absolute Gasteiger partial charge is 0.224 e. The van der Waals surface area contributed by atoms with Crippen LogP contribution in [0.4, 0.5) is 20.2 Å². The molecule has 0 aromatic heterocycles. The van der Waals surface area contributed by atoms with Crippen molar-refractivity contribution in [3.05, 3.63) is 54.1 Å². The molecule has 0 aliphatic rings. The number of hydrogen-bond donors (Lipinski definition) is 1. The monoisotopic (exact) mass is 348 g/mol. The second kappa shape index (κ2) is 9.01. The van der Waals surface area contributed by atoms with E-state index in [9.17, 15) is 13.6 Å². The lowest BCUT2D eigenvalue weighted by molar-refractivity contribution is -0.116. The first-order chi connectivity index (χ1) is 12.0. The molecule has 1 N–H and O–H groups in total. The number of carbonyl (C=O) groups excluding carboxylic acids is 1. The number of nitrogens with one attached hydrogen (secondary N) is 1. The van der Waals surface area contributed by atoms with Crippen LogP contribution in [0.1, 0.15) is 19.8 Å². The van der Waals surface area contributed by atoms with Crippen LogP contribution < -0.4 is 15.0 Å². The summed E-state index contributed by atoms with van der Waals surface area (Å²) in [6.07, 6.45) is 0.674. The lowest BCUT2D eigenvalue weighted by Gasteiger charge is -2.17. The van der Waals surface area contributed by atoms with Crippen LogP contribution in [-0.2, 0) is 4.79 Å². The fourth-order valence-electron chi connectivity index (χ4n) is 2.23. The minimum atomic E-state index is -0.749. The van der Waals surface area contributed by atoms with Gasteiger partial charge in [0.2, 0.25) is 5.91 Å². The van der Waals surface area contributed by atoms with Gasteiger partial charge in [-0.1, -0.05) is 6.07 Å². The van der Waals surface area contributed by atoms with Crippen LogP contribution in [0.2, 0.25) is 0 Å². The molecule has 2 aromatic carbocycles. The molecule has 0 aliphatic heterocycles. The highest BCUT2D eigenvalue weighted by Gasteiger charge is 2.07. The Bertz CT molecular complexity index is 722. The molecule has 0 atom stereocenters. The molecule has 134 valence electrons. The van der Waals surface area contributed by atoms with E-state index >= 15 is 0 Å². The minimum absolute atomic E-state index is 0.0166. The molecule has 0 bridgehead atoms. The Labute approximate surface area is 146 Å². The predicted molar refractivity (Wildman–Crippen MR) is 95.1 cm³/mol. The molecule has 0 spiro atoms. The van der Waals surface area contributed by atoms with Crippen molar-refractivity contribution in [1.82, 2.24) is 0 Å². The van der Waals surface area contributed by atoms with Crippen LogP contribution in [0.5, 0.6) is 5.75 Å². The van der Waals surface area contributed by atoms with Gasteiger partial charge in [-0.05, 0) is 43.7 Å². The van der Waals surface area contributed by atoms with Gasteiger partial charge in [-0.25, -0.2) is 8.78 Å². The van der Waals surface area contributed by atoms with Gasteiger partial charge >= 0.3 is 0 Å². The molecule has 6 heteroatoms. The van der Waals surface area contributed by atoms with Gasteiger partial charge in [0.05, 0.1) is 6.61 Å². The molecule has 25 heavy (non-hydrogen) atoms. The van der Waals surface area contributed by atoms with Crippen molar-refractivity contribution in [1.29, 1.82) is 0 Å².